The number of hydrogen-bond acceptors (Lipinski definition) is 2. The van der Waals surface area contributed by atoms with E-state index in [1.165, 1.54) is 5.56 Å². The minimum absolute atomic E-state index is 0.0663. The van der Waals surface area contributed by atoms with E-state index in [0.29, 0.717) is 18.5 Å². The van der Waals surface area contributed by atoms with E-state index in [9.17, 15) is 9.59 Å². The summed E-state index contributed by atoms with van der Waals surface area (Å²) in [5.41, 5.74) is 2.60. The number of rotatable bonds is 4. The molecule has 124 valence electrons. The molecule has 1 N–H and O–H groups in total. The Kier molecular flexibility index (Phi) is 4.94. The molecule has 24 heavy (non-hydrogen) atoms. The van der Waals surface area contributed by atoms with Crippen molar-refractivity contribution in [2.45, 2.75) is 32.2 Å². The van der Waals surface area contributed by atoms with Gasteiger partial charge in [0.05, 0.1) is 0 Å². The van der Waals surface area contributed by atoms with Crippen molar-refractivity contribution in [3.05, 3.63) is 65.7 Å². The van der Waals surface area contributed by atoms with Crippen LogP contribution in [0.1, 0.15) is 35.7 Å². The van der Waals surface area contributed by atoms with Gasteiger partial charge in [-0.25, -0.2) is 0 Å². The third kappa shape index (κ3) is 3.48. The molecule has 2 aromatic carbocycles. The van der Waals surface area contributed by atoms with Crippen molar-refractivity contribution >= 4 is 17.5 Å². The Morgan fingerprint density at radius 2 is 1.79 bits per heavy atom. The van der Waals surface area contributed by atoms with Gasteiger partial charge in [0.25, 0.3) is 5.91 Å². The smallest absolute Gasteiger partial charge is 0.254 e. The van der Waals surface area contributed by atoms with Crippen LogP contribution in [0.2, 0.25) is 0 Å². The van der Waals surface area contributed by atoms with Crippen molar-refractivity contribution in [2.24, 2.45) is 0 Å². The molecule has 0 aromatic heterocycles. The summed E-state index contributed by atoms with van der Waals surface area (Å²) in [6.07, 6.45) is 2.50. The van der Waals surface area contributed by atoms with E-state index in [2.05, 4.69) is 12.2 Å². The van der Waals surface area contributed by atoms with Crippen LogP contribution in [0.15, 0.2) is 54.6 Å². The highest BCUT2D eigenvalue weighted by atomic mass is 16.2. The molecule has 1 fully saturated rings. The molecule has 1 aliphatic rings. The molecule has 1 atom stereocenters. The molecule has 0 bridgehead atoms. The molecule has 4 heteroatoms. The number of carbonyl (C=O) groups excluding carboxylic acids is 2. The number of aryl methyl sites for hydroxylation is 1. The minimum atomic E-state index is -0.399. The predicted molar refractivity (Wildman–Crippen MR) is 95.0 cm³/mol. The van der Waals surface area contributed by atoms with E-state index in [-0.39, 0.29) is 11.8 Å². The third-order valence-electron chi connectivity index (χ3n) is 4.47. The maximum absolute atomic E-state index is 12.8. The number of carbonyl (C=O) groups is 2. The van der Waals surface area contributed by atoms with E-state index >= 15 is 0 Å². The molecule has 2 aromatic rings. The average Bonchev–Trinajstić information content (AvgIpc) is 3.12. The van der Waals surface area contributed by atoms with Crippen molar-refractivity contribution in [1.82, 2.24) is 4.90 Å². The number of nitrogens with zero attached hydrogens (tertiary/aromatic N) is 1. The fourth-order valence-corrected chi connectivity index (χ4v) is 3.08. The number of likely N-dealkylation sites (tertiary alicyclic amines) is 1. The maximum Gasteiger partial charge on any atom is 0.254 e. The number of benzene rings is 2. The monoisotopic (exact) mass is 322 g/mol. The van der Waals surface area contributed by atoms with Crippen LogP contribution in [0, 0.1) is 0 Å². The van der Waals surface area contributed by atoms with Crippen LogP contribution in [-0.4, -0.2) is 29.3 Å². The second kappa shape index (κ2) is 7.30. The lowest BCUT2D eigenvalue weighted by molar-refractivity contribution is -0.119. The highest BCUT2D eigenvalue weighted by Crippen LogP contribution is 2.22. The lowest BCUT2D eigenvalue weighted by Gasteiger charge is -2.24. The molecule has 1 saturated heterocycles. The quantitative estimate of drug-likeness (QED) is 0.936. The summed E-state index contributed by atoms with van der Waals surface area (Å²) in [6, 6.07) is 16.6. The van der Waals surface area contributed by atoms with Gasteiger partial charge in [0.2, 0.25) is 5.91 Å². The van der Waals surface area contributed by atoms with Crippen molar-refractivity contribution < 1.29 is 9.59 Å². The number of para-hydroxylation sites is 1. The highest BCUT2D eigenvalue weighted by Gasteiger charge is 2.34. The summed E-state index contributed by atoms with van der Waals surface area (Å²) in [4.78, 5) is 27.0. The molecule has 2 amide bonds. The first kappa shape index (κ1) is 16.2. The fourth-order valence-electron chi connectivity index (χ4n) is 3.08. The Hall–Kier alpha value is -2.62. The van der Waals surface area contributed by atoms with Gasteiger partial charge in [-0.3, -0.25) is 9.59 Å². The Balaban J connectivity index is 1.72. The zero-order valence-electron chi connectivity index (χ0n) is 13.9. The Morgan fingerprint density at radius 1 is 1.08 bits per heavy atom. The fraction of sp³-hybridized carbons (Fsp3) is 0.300. The molecule has 0 saturated carbocycles. The Morgan fingerprint density at radius 3 is 2.46 bits per heavy atom. The van der Waals surface area contributed by atoms with E-state index in [0.717, 1.165) is 18.5 Å². The largest absolute Gasteiger partial charge is 0.327 e. The van der Waals surface area contributed by atoms with Crippen LogP contribution in [-0.2, 0) is 11.2 Å². The van der Waals surface area contributed by atoms with E-state index < -0.39 is 6.04 Å². The minimum Gasteiger partial charge on any atom is -0.327 e. The van der Waals surface area contributed by atoms with Gasteiger partial charge in [0.1, 0.15) is 6.04 Å². The van der Waals surface area contributed by atoms with E-state index in [4.69, 9.17) is 0 Å². The van der Waals surface area contributed by atoms with Crippen molar-refractivity contribution in [2.75, 3.05) is 11.9 Å². The van der Waals surface area contributed by atoms with Crippen LogP contribution >= 0.6 is 0 Å². The van der Waals surface area contributed by atoms with Gasteiger partial charge in [-0.2, -0.15) is 0 Å². The lowest BCUT2D eigenvalue weighted by atomic mass is 10.1. The lowest BCUT2D eigenvalue weighted by Crippen LogP contribution is -2.43. The zero-order chi connectivity index (χ0) is 16.9. The maximum atomic E-state index is 12.8. The number of amides is 2. The summed E-state index contributed by atoms with van der Waals surface area (Å²) in [6.45, 7) is 2.71. The SMILES string of the molecule is CCc1ccc(C(=O)N2CCCC2C(=O)Nc2ccccc2)cc1. The summed E-state index contributed by atoms with van der Waals surface area (Å²) in [5.74, 6) is -0.180. The summed E-state index contributed by atoms with van der Waals surface area (Å²) >= 11 is 0. The Labute approximate surface area is 142 Å². The van der Waals surface area contributed by atoms with Gasteiger partial charge < -0.3 is 10.2 Å². The normalized spacial score (nSPS) is 16.9. The van der Waals surface area contributed by atoms with Crippen LogP contribution in [0.25, 0.3) is 0 Å². The van der Waals surface area contributed by atoms with E-state index in [1.807, 2.05) is 54.6 Å². The molecule has 4 nitrogen and oxygen atoms in total. The molecule has 0 aliphatic carbocycles. The van der Waals surface area contributed by atoms with Gasteiger partial charge in [0.15, 0.2) is 0 Å². The molecule has 0 radical (unpaired) electrons. The molecule has 1 unspecified atom stereocenters. The van der Waals surface area contributed by atoms with Crippen LogP contribution in [0.3, 0.4) is 0 Å². The number of nitrogens with one attached hydrogen (secondary N) is 1. The molecule has 3 rings (SSSR count). The van der Waals surface area contributed by atoms with Gasteiger partial charge >= 0.3 is 0 Å². The zero-order valence-corrected chi connectivity index (χ0v) is 13.9. The topological polar surface area (TPSA) is 49.4 Å². The number of anilines is 1. The summed E-state index contributed by atoms with van der Waals surface area (Å²) < 4.78 is 0. The van der Waals surface area contributed by atoms with Gasteiger partial charge in [-0.15, -0.1) is 0 Å². The second-order valence-corrected chi connectivity index (χ2v) is 6.06. The van der Waals surface area contributed by atoms with Crippen LogP contribution in [0.4, 0.5) is 5.69 Å². The van der Waals surface area contributed by atoms with Gasteiger partial charge in [0, 0.05) is 17.8 Å². The first-order chi connectivity index (χ1) is 11.7. The van der Waals surface area contributed by atoms with Crippen molar-refractivity contribution in [1.29, 1.82) is 0 Å². The van der Waals surface area contributed by atoms with E-state index in [1.54, 1.807) is 4.90 Å². The van der Waals surface area contributed by atoms with Crippen LogP contribution < -0.4 is 5.32 Å². The first-order valence-corrected chi connectivity index (χ1v) is 8.45. The summed E-state index contributed by atoms with van der Waals surface area (Å²) in [7, 11) is 0. The van der Waals surface area contributed by atoms with Crippen LogP contribution in [0.5, 0.6) is 0 Å². The average molecular weight is 322 g/mol. The first-order valence-electron chi connectivity index (χ1n) is 8.45. The van der Waals surface area contributed by atoms with Gasteiger partial charge in [-0.05, 0) is 49.1 Å². The molecule has 1 aliphatic heterocycles. The Bertz CT molecular complexity index is 710. The molecule has 0 spiro atoms. The second-order valence-electron chi connectivity index (χ2n) is 6.06. The predicted octanol–water partition coefficient (Wildman–Crippen LogP) is 3.49. The summed E-state index contributed by atoms with van der Waals surface area (Å²) in [5, 5.41) is 2.91. The molecular weight excluding hydrogens is 300 g/mol. The molecular formula is C20H22N2O2. The van der Waals surface area contributed by atoms with Gasteiger partial charge in [-0.1, -0.05) is 37.3 Å². The standard InChI is InChI=1S/C20H22N2O2/c1-2-15-10-12-16(13-11-15)20(24)22-14-6-9-18(22)19(23)21-17-7-4-3-5-8-17/h3-5,7-8,10-13,18H,2,6,9,14H2,1H3,(H,21,23). The third-order valence-corrected chi connectivity index (χ3v) is 4.47. The number of hydrogen-bond donors (Lipinski definition) is 1. The highest BCUT2D eigenvalue weighted by molar-refractivity contribution is 6.01. The molecule has 1 heterocycles. The van der Waals surface area contributed by atoms with Crippen molar-refractivity contribution in [3.63, 3.8) is 0 Å². The van der Waals surface area contributed by atoms with Crippen molar-refractivity contribution in [3.8, 4) is 0 Å².